The summed E-state index contributed by atoms with van der Waals surface area (Å²) < 4.78 is 5.78. The third-order valence-corrected chi connectivity index (χ3v) is 4.61. The number of nitriles is 1. The van der Waals surface area contributed by atoms with E-state index in [9.17, 15) is 10.1 Å². The maximum atomic E-state index is 10.9. The van der Waals surface area contributed by atoms with Gasteiger partial charge >= 0.3 is 5.97 Å². The number of nitrogens with zero attached hydrogens (tertiary/aromatic N) is 1. The van der Waals surface area contributed by atoms with Crippen molar-refractivity contribution in [2.45, 2.75) is 39.5 Å². The van der Waals surface area contributed by atoms with E-state index in [1.54, 1.807) is 30.3 Å². The van der Waals surface area contributed by atoms with E-state index in [0.717, 1.165) is 29.9 Å². The first kappa shape index (κ1) is 19.5. The SMILES string of the molecule is CCC(C)CCCCOc1ccc(-c2ccc(C(=O)O)cc2)cc1C#N. The number of unbranched alkanes of at least 4 members (excludes halogenated alkanes) is 1. The summed E-state index contributed by atoms with van der Waals surface area (Å²) >= 11 is 0. The van der Waals surface area contributed by atoms with Crippen LogP contribution in [0.5, 0.6) is 5.75 Å². The first-order valence-electron chi connectivity index (χ1n) is 9.05. The molecule has 1 atom stereocenters. The van der Waals surface area contributed by atoms with Crippen molar-refractivity contribution in [1.29, 1.82) is 5.26 Å². The van der Waals surface area contributed by atoms with Crippen LogP contribution in [0.25, 0.3) is 11.1 Å². The molecule has 0 radical (unpaired) electrons. The molecule has 0 aliphatic carbocycles. The zero-order valence-electron chi connectivity index (χ0n) is 15.4. The molecule has 1 unspecified atom stereocenters. The van der Waals surface area contributed by atoms with Gasteiger partial charge in [0.25, 0.3) is 0 Å². The quantitative estimate of drug-likeness (QED) is 0.604. The average molecular weight is 351 g/mol. The number of hydrogen-bond acceptors (Lipinski definition) is 3. The molecule has 0 aliphatic heterocycles. The number of hydrogen-bond donors (Lipinski definition) is 1. The van der Waals surface area contributed by atoms with Crippen molar-refractivity contribution in [3.8, 4) is 22.9 Å². The van der Waals surface area contributed by atoms with E-state index in [2.05, 4.69) is 19.9 Å². The highest BCUT2D eigenvalue weighted by atomic mass is 16.5. The van der Waals surface area contributed by atoms with Crippen molar-refractivity contribution in [3.63, 3.8) is 0 Å². The summed E-state index contributed by atoms with van der Waals surface area (Å²) in [4.78, 5) is 10.9. The first-order chi connectivity index (χ1) is 12.5. The molecule has 0 fully saturated rings. The summed E-state index contributed by atoms with van der Waals surface area (Å²) in [5.74, 6) is 0.393. The Morgan fingerprint density at radius 1 is 1.15 bits per heavy atom. The molecule has 2 aromatic carbocycles. The molecule has 0 aromatic heterocycles. The number of carboxylic acids is 1. The number of benzene rings is 2. The largest absolute Gasteiger partial charge is 0.492 e. The molecule has 0 aliphatic rings. The van der Waals surface area contributed by atoms with Crippen LogP contribution in [-0.2, 0) is 0 Å². The van der Waals surface area contributed by atoms with Gasteiger partial charge in [-0.3, -0.25) is 0 Å². The molecule has 136 valence electrons. The van der Waals surface area contributed by atoms with E-state index in [1.165, 1.54) is 12.8 Å². The van der Waals surface area contributed by atoms with E-state index in [4.69, 9.17) is 9.84 Å². The third-order valence-electron chi connectivity index (χ3n) is 4.61. The average Bonchev–Trinajstić information content (AvgIpc) is 2.67. The van der Waals surface area contributed by atoms with Crippen LogP contribution in [0.1, 0.15) is 55.5 Å². The predicted octanol–water partition coefficient (Wildman–Crippen LogP) is 5.52. The lowest BCUT2D eigenvalue weighted by molar-refractivity contribution is 0.0697. The van der Waals surface area contributed by atoms with Crippen molar-refractivity contribution < 1.29 is 14.6 Å². The molecule has 2 aromatic rings. The van der Waals surface area contributed by atoms with Crippen LogP contribution < -0.4 is 4.74 Å². The van der Waals surface area contributed by atoms with E-state index in [1.807, 2.05) is 12.1 Å². The maximum absolute atomic E-state index is 10.9. The van der Waals surface area contributed by atoms with Gasteiger partial charge in [0.1, 0.15) is 11.8 Å². The maximum Gasteiger partial charge on any atom is 0.335 e. The molecule has 0 spiro atoms. The number of carboxylic acid groups (broad SMARTS) is 1. The molecule has 1 N–H and O–H groups in total. The highest BCUT2D eigenvalue weighted by molar-refractivity contribution is 5.88. The second-order valence-corrected chi connectivity index (χ2v) is 6.56. The number of ether oxygens (including phenoxy) is 1. The van der Waals surface area contributed by atoms with Gasteiger partial charge in [0.15, 0.2) is 0 Å². The lowest BCUT2D eigenvalue weighted by Crippen LogP contribution is -2.01. The van der Waals surface area contributed by atoms with Gasteiger partial charge in [-0.15, -0.1) is 0 Å². The molecule has 0 heterocycles. The fraction of sp³-hybridized carbons (Fsp3) is 0.364. The molecule has 0 amide bonds. The number of carbonyl (C=O) groups is 1. The third kappa shape index (κ3) is 5.35. The Hall–Kier alpha value is -2.80. The minimum atomic E-state index is -0.952. The van der Waals surface area contributed by atoms with Crippen LogP contribution >= 0.6 is 0 Å². The molecular formula is C22H25NO3. The van der Waals surface area contributed by atoms with Gasteiger partial charge < -0.3 is 9.84 Å². The Kier molecular flexibility index (Phi) is 7.23. The van der Waals surface area contributed by atoms with Crippen molar-refractivity contribution in [2.75, 3.05) is 6.61 Å². The highest BCUT2D eigenvalue weighted by Gasteiger charge is 2.08. The Balaban J connectivity index is 2.01. The summed E-state index contributed by atoms with van der Waals surface area (Å²) in [6, 6.07) is 14.3. The highest BCUT2D eigenvalue weighted by Crippen LogP contribution is 2.27. The van der Waals surface area contributed by atoms with Crippen molar-refractivity contribution in [3.05, 3.63) is 53.6 Å². The minimum absolute atomic E-state index is 0.242. The fourth-order valence-corrected chi connectivity index (χ4v) is 2.71. The van der Waals surface area contributed by atoms with E-state index < -0.39 is 5.97 Å². The van der Waals surface area contributed by atoms with Crippen LogP contribution in [0.4, 0.5) is 0 Å². The van der Waals surface area contributed by atoms with E-state index in [0.29, 0.717) is 17.9 Å². The van der Waals surface area contributed by atoms with Gasteiger partial charge in [-0.2, -0.15) is 5.26 Å². The molecule has 26 heavy (non-hydrogen) atoms. The standard InChI is InChI=1S/C22H25NO3/c1-3-16(2)6-4-5-13-26-21-12-11-19(14-20(21)15-23)17-7-9-18(10-8-17)22(24)25/h7-12,14,16H,3-6,13H2,1-2H3,(H,24,25). The van der Waals surface area contributed by atoms with Crippen molar-refractivity contribution in [1.82, 2.24) is 0 Å². The second kappa shape index (κ2) is 9.62. The molecule has 0 saturated heterocycles. The minimum Gasteiger partial charge on any atom is -0.492 e. The van der Waals surface area contributed by atoms with Gasteiger partial charge in [0.2, 0.25) is 0 Å². The normalized spacial score (nSPS) is 11.6. The van der Waals surface area contributed by atoms with Crippen molar-refractivity contribution in [2.24, 2.45) is 5.92 Å². The summed E-state index contributed by atoms with van der Waals surface area (Å²) in [5, 5.41) is 18.4. The summed E-state index contributed by atoms with van der Waals surface area (Å²) in [5.41, 5.74) is 2.47. The van der Waals surface area contributed by atoms with Crippen LogP contribution in [0.3, 0.4) is 0 Å². The van der Waals surface area contributed by atoms with Crippen LogP contribution in [-0.4, -0.2) is 17.7 Å². The van der Waals surface area contributed by atoms with Gasteiger partial charge in [0.05, 0.1) is 17.7 Å². The molecule has 0 saturated carbocycles. The number of aromatic carboxylic acids is 1. The Bertz CT molecular complexity index is 775. The van der Waals surface area contributed by atoms with Gasteiger partial charge in [0, 0.05) is 0 Å². The lowest BCUT2D eigenvalue weighted by atomic mass is 10.0. The van der Waals surface area contributed by atoms with Crippen LogP contribution in [0.2, 0.25) is 0 Å². The van der Waals surface area contributed by atoms with E-state index in [-0.39, 0.29) is 5.56 Å². The zero-order valence-corrected chi connectivity index (χ0v) is 15.4. The smallest absolute Gasteiger partial charge is 0.335 e. The molecule has 4 nitrogen and oxygen atoms in total. The van der Waals surface area contributed by atoms with Gasteiger partial charge in [-0.1, -0.05) is 44.9 Å². The monoisotopic (exact) mass is 351 g/mol. The Morgan fingerprint density at radius 3 is 2.46 bits per heavy atom. The fourth-order valence-electron chi connectivity index (χ4n) is 2.71. The summed E-state index contributed by atoms with van der Waals surface area (Å²) in [7, 11) is 0. The van der Waals surface area contributed by atoms with Crippen LogP contribution in [0, 0.1) is 17.2 Å². The topological polar surface area (TPSA) is 70.3 Å². The van der Waals surface area contributed by atoms with E-state index >= 15 is 0 Å². The molecule has 0 bridgehead atoms. The zero-order chi connectivity index (χ0) is 18.9. The molecule has 4 heteroatoms. The number of rotatable bonds is 9. The van der Waals surface area contributed by atoms with Gasteiger partial charge in [-0.05, 0) is 54.2 Å². The summed E-state index contributed by atoms with van der Waals surface area (Å²) in [6.45, 7) is 5.07. The predicted molar refractivity (Wildman–Crippen MR) is 102 cm³/mol. The van der Waals surface area contributed by atoms with Crippen molar-refractivity contribution >= 4 is 5.97 Å². The Labute approximate surface area is 155 Å². The summed E-state index contributed by atoms with van der Waals surface area (Å²) in [6.07, 6.45) is 4.52. The molecule has 2 rings (SSSR count). The first-order valence-corrected chi connectivity index (χ1v) is 9.05. The lowest BCUT2D eigenvalue weighted by Gasteiger charge is -2.11. The Morgan fingerprint density at radius 2 is 1.85 bits per heavy atom. The van der Waals surface area contributed by atoms with Gasteiger partial charge in [-0.25, -0.2) is 4.79 Å². The molecular weight excluding hydrogens is 326 g/mol. The van der Waals surface area contributed by atoms with Crippen LogP contribution in [0.15, 0.2) is 42.5 Å². The second-order valence-electron chi connectivity index (χ2n) is 6.56.